The molecule has 8 nitrogen and oxygen atoms in total. The monoisotopic (exact) mass is 466 g/mol. The molecule has 32 heavy (non-hydrogen) atoms. The summed E-state index contributed by atoms with van der Waals surface area (Å²) in [6.07, 6.45) is 2.07. The first kappa shape index (κ1) is 23.5. The highest BCUT2D eigenvalue weighted by Gasteiger charge is 2.20. The number of nitriles is 2. The minimum absolute atomic E-state index is 0.0559. The number of thioether (sulfide) groups is 1. The van der Waals surface area contributed by atoms with Crippen LogP contribution in [0.15, 0.2) is 34.3 Å². The molecule has 3 rings (SSSR count). The van der Waals surface area contributed by atoms with Gasteiger partial charge in [0.15, 0.2) is 5.16 Å². The molecule has 0 bridgehead atoms. The van der Waals surface area contributed by atoms with Crippen LogP contribution in [-0.2, 0) is 11.3 Å². The number of carbonyl (C=O) groups is 1. The molecule has 3 heterocycles. The van der Waals surface area contributed by atoms with Crippen LogP contribution in [0.25, 0.3) is 10.2 Å². The molecule has 0 aliphatic rings. The number of aryl methyl sites for hydroxylation is 2. The van der Waals surface area contributed by atoms with Gasteiger partial charge in [-0.1, -0.05) is 17.8 Å². The predicted octanol–water partition coefficient (Wildman–Crippen LogP) is 3.27. The summed E-state index contributed by atoms with van der Waals surface area (Å²) in [7, 11) is 0. The van der Waals surface area contributed by atoms with E-state index in [1.807, 2.05) is 44.2 Å². The van der Waals surface area contributed by atoms with E-state index in [9.17, 15) is 9.59 Å². The molecule has 0 saturated heterocycles. The lowest BCUT2D eigenvalue weighted by Gasteiger charge is -2.20. The van der Waals surface area contributed by atoms with E-state index in [-0.39, 0.29) is 49.7 Å². The lowest BCUT2D eigenvalue weighted by Crippen LogP contribution is -2.34. The molecule has 0 saturated carbocycles. The number of pyridine rings is 1. The van der Waals surface area contributed by atoms with Crippen LogP contribution in [0.1, 0.15) is 29.0 Å². The first-order valence-corrected chi connectivity index (χ1v) is 11.8. The first-order chi connectivity index (χ1) is 15.5. The Hall–Kier alpha value is -3.21. The van der Waals surface area contributed by atoms with Gasteiger partial charge in [-0.2, -0.15) is 10.5 Å². The molecule has 0 spiro atoms. The normalized spacial score (nSPS) is 10.6. The number of amides is 1. The van der Waals surface area contributed by atoms with Gasteiger partial charge < -0.3 is 4.90 Å². The van der Waals surface area contributed by atoms with Gasteiger partial charge >= 0.3 is 0 Å². The molecule has 0 atom stereocenters. The Labute approximate surface area is 194 Å². The summed E-state index contributed by atoms with van der Waals surface area (Å²) in [6, 6.07) is 9.57. The van der Waals surface area contributed by atoms with Crippen molar-refractivity contribution in [2.75, 3.05) is 18.8 Å². The Morgan fingerprint density at radius 2 is 1.94 bits per heavy atom. The molecular formula is C22H22N6O2S2. The Morgan fingerprint density at radius 3 is 2.56 bits per heavy atom. The molecule has 164 valence electrons. The zero-order chi connectivity index (χ0) is 23.1. The van der Waals surface area contributed by atoms with E-state index in [2.05, 4.69) is 4.98 Å². The van der Waals surface area contributed by atoms with Crippen molar-refractivity contribution in [2.24, 2.45) is 0 Å². The lowest BCUT2D eigenvalue weighted by molar-refractivity contribution is -0.128. The van der Waals surface area contributed by atoms with Crippen molar-refractivity contribution in [2.45, 2.75) is 38.4 Å². The molecule has 0 N–H and O–H groups in total. The SMILES string of the molecule is Cc1sc2nc(SCC(=O)N(CCC#N)CCC#N)n(Cc3ccccn3)c(=O)c2c1C. The fourth-order valence-electron chi connectivity index (χ4n) is 3.16. The third-order valence-electron chi connectivity index (χ3n) is 4.96. The molecule has 0 radical (unpaired) electrons. The second-order valence-electron chi connectivity index (χ2n) is 7.06. The molecule has 0 fully saturated rings. The van der Waals surface area contributed by atoms with Gasteiger partial charge in [0.25, 0.3) is 5.56 Å². The van der Waals surface area contributed by atoms with Gasteiger partial charge in [0.2, 0.25) is 5.91 Å². The van der Waals surface area contributed by atoms with Gasteiger partial charge in [0.1, 0.15) is 4.83 Å². The minimum atomic E-state index is -0.197. The van der Waals surface area contributed by atoms with E-state index >= 15 is 0 Å². The molecular weight excluding hydrogens is 444 g/mol. The molecule has 0 aliphatic carbocycles. The topological polar surface area (TPSA) is 116 Å². The van der Waals surface area contributed by atoms with Crippen LogP contribution < -0.4 is 5.56 Å². The highest BCUT2D eigenvalue weighted by atomic mass is 32.2. The summed E-state index contributed by atoms with van der Waals surface area (Å²) in [4.78, 5) is 38.4. The maximum Gasteiger partial charge on any atom is 0.263 e. The number of hydrogen-bond donors (Lipinski definition) is 0. The Kier molecular flexibility index (Phi) is 7.98. The third kappa shape index (κ3) is 5.34. The van der Waals surface area contributed by atoms with Crippen LogP contribution in [0.2, 0.25) is 0 Å². The van der Waals surface area contributed by atoms with Crippen molar-refractivity contribution in [1.82, 2.24) is 19.4 Å². The number of nitrogens with zero attached hydrogens (tertiary/aromatic N) is 6. The van der Waals surface area contributed by atoms with Crippen molar-refractivity contribution < 1.29 is 4.79 Å². The van der Waals surface area contributed by atoms with Gasteiger partial charge in [-0.05, 0) is 31.5 Å². The number of carbonyl (C=O) groups excluding carboxylic acids is 1. The zero-order valence-electron chi connectivity index (χ0n) is 17.9. The van der Waals surface area contributed by atoms with Crippen LogP contribution >= 0.6 is 23.1 Å². The number of hydrogen-bond acceptors (Lipinski definition) is 8. The van der Waals surface area contributed by atoms with Gasteiger partial charge in [-0.3, -0.25) is 19.1 Å². The maximum absolute atomic E-state index is 13.4. The molecule has 1 amide bonds. The van der Waals surface area contributed by atoms with Crippen molar-refractivity contribution >= 4 is 39.2 Å². The van der Waals surface area contributed by atoms with E-state index in [1.165, 1.54) is 28.0 Å². The molecule has 10 heteroatoms. The minimum Gasteiger partial charge on any atom is -0.340 e. The summed E-state index contributed by atoms with van der Waals surface area (Å²) in [5, 5.41) is 18.8. The average molecular weight is 467 g/mol. The van der Waals surface area contributed by atoms with Crippen molar-refractivity contribution in [3.05, 3.63) is 50.9 Å². The van der Waals surface area contributed by atoms with E-state index in [4.69, 9.17) is 15.5 Å². The summed E-state index contributed by atoms with van der Waals surface area (Å²) < 4.78 is 1.57. The van der Waals surface area contributed by atoms with Gasteiger partial charge in [-0.25, -0.2) is 4.98 Å². The molecule has 0 unspecified atom stereocenters. The summed E-state index contributed by atoms with van der Waals surface area (Å²) >= 11 is 2.65. The second kappa shape index (κ2) is 10.9. The molecule has 0 aliphatic heterocycles. The number of rotatable bonds is 9. The highest BCUT2D eigenvalue weighted by Crippen LogP contribution is 2.28. The van der Waals surface area contributed by atoms with E-state index in [0.717, 1.165) is 16.1 Å². The largest absolute Gasteiger partial charge is 0.340 e. The molecule has 0 aromatic carbocycles. The predicted molar refractivity (Wildman–Crippen MR) is 124 cm³/mol. The van der Waals surface area contributed by atoms with Crippen molar-refractivity contribution in [1.29, 1.82) is 10.5 Å². The van der Waals surface area contributed by atoms with Crippen LogP contribution in [0.4, 0.5) is 0 Å². The van der Waals surface area contributed by atoms with Gasteiger partial charge in [-0.15, -0.1) is 11.3 Å². The van der Waals surface area contributed by atoms with Crippen LogP contribution in [0, 0.1) is 36.5 Å². The summed E-state index contributed by atoms with van der Waals surface area (Å²) in [5.41, 5.74) is 1.49. The zero-order valence-corrected chi connectivity index (χ0v) is 19.5. The number of aromatic nitrogens is 3. The Balaban J connectivity index is 1.93. The highest BCUT2D eigenvalue weighted by molar-refractivity contribution is 7.99. The standard InChI is InChI=1S/C22H22N6O2S2/c1-15-16(2)32-20-19(15)21(30)28(13-17-7-3-4-10-25-17)22(26-20)31-14-18(29)27(11-5-8-23)12-6-9-24/h3-4,7,10H,5-6,11-14H2,1-2H3. The Morgan fingerprint density at radius 1 is 1.22 bits per heavy atom. The van der Waals surface area contributed by atoms with Crippen LogP contribution in [-0.4, -0.2) is 44.2 Å². The number of thiophene rings is 1. The fourth-order valence-corrected chi connectivity index (χ4v) is 5.13. The Bertz CT molecular complexity index is 1240. The first-order valence-electron chi connectivity index (χ1n) is 10.0. The van der Waals surface area contributed by atoms with E-state index in [1.54, 1.807) is 10.8 Å². The quantitative estimate of drug-likeness (QED) is 0.351. The lowest BCUT2D eigenvalue weighted by atomic mass is 10.2. The summed E-state index contributed by atoms with van der Waals surface area (Å²) in [5.74, 6) is -0.141. The smallest absolute Gasteiger partial charge is 0.263 e. The van der Waals surface area contributed by atoms with Gasteiger partial charge in [0, 0.05) is 24.2 Å². The fraction of sp³-hybridized carbons (Fsp3) is 0.364. The number of fused-ring (bicyclic) bond motifs is 1. The molecule has 3 aromatic heterocycles. The van der Waals surface area contributed by atoms with Crippen LogP contribution in [0.3, 0.4) is 0 Å². The third-order valence-corrected chi connectivity index (χ3v) is 7.03. The van der Waals surface area contributed by atoms with E-state index < -0.39 is 0 Å². The average Bonchev–Trinajstić information content (AvgIpc) is 3.08. The van der Waals surface area contributed by atoms with E-state index in [0.29, 0.717) is 15.4 Å². The van der Waals surface area contributed by atoms with Crippen molar-refractivity contribution in [3.63, 3.8) is 0 Å². The van der Waals surface area contributed by atoms with Gasteiger partial charge in [0.05, 0.1) is 48.4 Å². The molecule has 3 aromatic rings. The van der Waals surface area contributed by atoms with Crippen molar-refractivity contribution in [3.8, 4) is 12.1 Å². The second-order valence-corrected chi connectivity index (χ2v) is 9.20. The summed E-state index contributed by atoms with van der Waals surface area (Å²) in [6.45, 7) is 4.67. The van der Waals surface area contributed by atoms with Crippen LogP contribution in [0.5, 0.6) is 0 Å². The maximum atomic E-state index is 13.4.